The number of methoxy groups -OCH3 is 2. The molecule has 0 atom stereocenters. The van der Waals surface area contributed by atoms with Crippen molar-refractivity contribution < 1.29 is 9.47 Å². The van der Waals surface area contributed by atoms with Crippen molar-refractivity contribution in [3.05, 3.63) is 47.4 Å². The van der Waals surface area contributed by atoms with Crippen molar-refractivity contribution >= 4 is 11.2 Å². The van der Waals surface area contributed by atoms with E-state index in [1.807, 2.05) is 31.3 Å². The number of aromatic amines is 1. The van der Waals surface area contributed by atoms with Crippen molar-refractivity contribution in [3.63, 3.8) is 0 Å². The minimum atomic E-state index is 0.691. The van der Waals surface area contributed by atoms with E-state index in [1.165, 1.54) is 0 Å². The number of hydrogen-bond acceptors (Lipinski definition) is 5. The summed E-state index contributed by atoms with van der Waals surface area (Å²) in [5.74, 6) is 2.57. The number of aromatic nitrogens is 3. The number of H-pyrrole nitrogens is 1. The first-order chi connectivity index (χ1) is 11.6. The molecule has 2 heterocycles. The van der Waals surface area contributed by atoms with E-state index in [9.17, 15) is 0 Å². The van der Waals surface area contributed by atoms with Crippen molar-refractivity contribution in [1.29, 1.82) is 0 Å². The van der Waals surface area contributed by atoms with Crippen molar-refractivity contribution in [2.75, 3.05) is 21.3 Å². The normalized spacial score (nSPS) is 11.2. The number of benzene rings is 1. The molecule has 0 unspecified atom stereocenters. The van der Waals surface area contributed by atoms with Gasteiger partial charge in [0, 0.05) is 18.3 Å². The number of aryl methyl sites for hydroxylation is 1. The number of ether oxygens (including phenoxy) is 2. The van der Waals surface area contributed by atoms with E-state index in [4.69, 9.17) is 9.47 Å². The number of hydrogen-bond donors (Lipinski definition) is 1. The molecule has 2 aromatic heterocycles. The van der Waals surface area contributed by atoms with E-state index in [0.717, 1.165) is 46.2 Å². The summed E-state index contributed by atoms with van der Waals surface area (Å²) in [6.45, 7) is 3.47. The summed E-state index contributed by atoms with van der Waals surface area (Å²) < 4.78 is 10.8. The number of rotatable bonds is 6. The number of fused-ring (bicyclic) bond motifs is 1. The summed E-state index contributed by atoms with van der Waals surface area (Å²) in [5.41, 5.74) is 3.98. The van der Waals surface area contributed by atoms with Gasteiger partial charge in [-0.3, -0.25) is 4.90 Å². The number of imidazole rings is 1. The van der Waals surface area contributed by atoms with Gasteiger partial charge in [-0.15, -0.1) is 0 Å². The maximum absolute atomic E-state index is 5.44. The number of pyridine rings is 1. The van der Waals surface area contributed by atoms with Crippen LogP contribution in [0.25, 0.3) is 11.2 Å². The Morgan fingerprint density at radius 2 is 1.96 bits per heavy atom. The number of nitrogens with zero attached hydrogens (tertiary/aromatic N) is 3. The first kappa shape index (κ1) is 16.3. The molecule has 0 aliphatic rings. The minimum Gasteiger partial charge on any atom is -0.497 e. The summed E-state index contributed by atoms with van der Waals surface area (Å²) in [6, 6.07) is 7.81. The van der Waals surface area contributed by atoms with Gasteiger partial charge in [0.25, 0.3) is 0 Å². The lowest BCUT2D eigenvalue weighted by atomic mass is 10.1. The minimum absolute atomic E-state index is 0.691. The molecule has 24 heavy (non-hydrogen) atoms. The second-order valence-electron chi connectivity index (χ2n) is 5.86. The van der Waals surface area contributed by atoms with Crippen LogP contribution in [0.3, 0.4) is 0 Å². The standard InChI is InChI=1S/C18H22N4O2/c1-12-7-8-19-18-17(12)20-16(21-18)11-22(2)10-13-9-14(23-3)5-6-15(13)24-4/h5-9H,10-11H2,1-4H3,(H,19,20,21). The summed E-state index contributed by atoms with van der Waals surface area (Å²) in [5, 5.41) is 0. The Labute approximate surface area is 141 Å². The van der Waals surface area contributed by atoms with Crippen LogP contribution in [0.5, 0.6) is 11.5 Å². The molecule has 0 amide bonds. The van der Waals surface area contributed by atoms with Gasteiger partial charge in [-0.25, -0.2) is 9.97 Å². The van der Waals surface area contributed by atoms with Crippen LogP contribution in [0.2, 0.25) is 0 Å². The Morgan fingerprint density at radius 1 is 1.12 bits per heavy atom. The fraction of sp³-hybridized carbons (Fsp3) is 0.333. The molecule has 0 spiro atoms. The fourth-order valence-corrected chi connectivity index (χ4v) is 2.77. The molecular weight excluding hydrogens is 304 g/mol. The van der Waals surface area contributed by atoms with Gasteiger partial charge in [0.2, 0.25) is 0 Å². The highest BCUT2D eigenvalue weighted by atomic mass is 16.5. The molecule has 1 aromatic carbocycles. The highest BCUT2D eigenvalue weighted by Gasteiger charge is 2.11. The van der Waals surface area contributed by atoms with Gasteiger partial charge in [-0.05, 0) is 43.8 Å². The van der Waals surface area contributed by atoms with Gasteiger partial charge in [-0.2, -0.15) is 0 Å². The van der Waals surface area contributed by atoms with Crippen LogP contribution in [0.15, 0.2) is 30.5 Å². The van der Waals surface area contributed by atoms with E-state index in [-0.39, 0.29) is 0 Å². The highest BCUT2D eigenvalue weighted by Crippen LogP contribution is 2.25. The Balaban J connectivity index is 1.77. The smallest absolute Gasteiger partial charge is 0.178 e. The molecule has 3 rings (SSSR count). The molecule has 3 aromatic rings. The summed E-state index contributed by atoms with van der Waals surface area (Å²) in [7, 11) is 5.39. The van der Waals surface area contributed by atoms with Gasteiger partial charge < -0.3 is 14.5 Å². The summed E-state index contributed by atoms with van der Waals surface area (Å²) >= 11 is 0. The first-order valence-electron chi connectivity index (χ1n) is 7.80. The van der Waals surface area contributed by atoms with Gasteiger partial charge in [0.05, 0.1) is 26.3 Å². The molecule has 0 saturated heterocycles. The monoisotopic (exact) mass is 326 g/mol. The Morgan fingerprint density at radius 3 is 2.67 bits per heavy atom. The lowest BCUT2D eigenvalue weighted by molar-refractivity contribution is 0.302. The largest absolute Gasteiger partial charge is 0.497 e. The van der Waals surface area contributed by atoms with Crippen molar-refractivity contribution in [3.8, 4) is 11.5 Å². The van der Waals surface area contributed by atoms with Crippen molar-refractivity contribution in [2.45, 2.75) is 20.0 Å². The van der Waals surface area contributed by atoms with Crippen LogP contribution in [0.1, 0.15) is 17.0 Å². The van der Waals surface area contributed by atoms with E-state index in [1.54, 1.807) is 20.4 Å². The summed E-state index contributed by atoms with van der Waals surface area (Å²) in [4.78, 5) is 14.4. The SMILES string of the molecule is COc1ccc(OC)c(CN(C)Cc2nc3nccc(C)c3[nH]2)c1. The van der Waals surface area contributed by atoms with Crippen molar-refractivity contribution in [1.82, 2.24) is 19.9 Å². The third-order valence-corrected chi connectivity index (χ3v) is 4.00. The maximum Gasteiger partial charge on any atom is 0.178 e. The van der Waals surface area contributed by atoms with E-state index < -0.39 is 0 Å². The van der Waals surface area contributed by atoms with Crippen LogP contribution < -0.4 is 9.47 Å². The molecule has 126 valence electrons. The van der Waals surface area contributed by atoms with Crippen LogP contribution in [-0.4, -0.2) is 41.1 Å². The van der Waals surface area contributed by atoms with Crippen LogP contribution in [0.4, 0.5) is 0 Å². The topological polar surface area (TPSA) is 63.3 Å². The fourth-order valence-electron chi connectivity index (χ4n) is 2.77. The van der Waals surface area contributed by atoms with Crippen LogP contribution in [0, 0.1) is 6.92 Å². The second kappa shape index (κ2) is 6.88. The maximum atomic E-state index is 5.44. The van der Waals surface area contributed by atoms with Gasteiger partial charge in [0.1, 0.15) is 17.3 Å². The average molecular weight is 326 g/mol. The van der Waals surface area contributed by atoms with Crippen LogP contribution in [-0.2, 0) is 13.1 Å². The summed E-state index contributed by atoms with van der Waals surface area (Å²) in [6.07, 6.45) is 1.78. The predicted molar refractivity (Wildman–Crippen MR) is 93.3 cm³/mol. The molecule has 0 fully saturated rings. The predicted octanol–water partition coefficient (Wildman–Crippen LogP) is 2.92. The van der Waals surface area contributed by atoms with Gasteiger partial charge in [-0.1, -0.05) is 0 Å². The third-order valence-electron chi connectivity index (χ3n) is 4.00. The number of nitrogens with one attached hydrogen (secondary N) is 1. The Hall–Kier alpha value is -2.60. The highest BCUT2D eigenvalue weighted by molar-refractivity contribution is 5.74. The lowest BCUT2D eigenvalue weighted by Gasteiger charge is -2.18. The van der Waals surface area contributed by atoms with Gasteiger partial charge >= 0.3 is 0 Å². The van der Waals surface area contributed by atoms with Crippen LogP contribution >= 0.6 is 0 Å². The molecule has 0 radical (unpaired) electrons. The van der Waals surface area contributed by atoms with E-state index in [2.05, 4.69) is 26.8 Å². The molecule has 0 aliphatic heterocycles. The first-order valence-corrected chi connectivity index (χ1v) is 7.80. The van der Waals surface area contributed by atoms with Crippen molar-refractivity contribution in [2.24, 2.45) is 0 Å². The molecule has 0 saturated carbocycles. The molecule has 1 N–H and O–H groups in total. The Bertz CT molecular complexity index is 844. The average Bonchev–Trinajstić information content (AvgIpc) is 2.98. The third kappa shape index (κ3) is 3.33. The lowest BCUT2D eigenvalue weighted by Crippen LogP contribution is -2.18. The molecule has 0 aliphatic carbocycles. The quantitative estimate of drug-likeness (QED) is 0.754. The zero-order valence-corrected chi connectivity index (χ0v) is 14.5. The molecule has 6 nitrogen and oxygen atoms in total. The molecule has 0 bridgehead atoms. The Kier molecular flexibility index (Phi) is 4.66. The van der Waals surface area contributed by atoms with E-state index >= 15 is 0 Å². The van der Waals surface area contributed by atoms with Gasteiger partial charge in [0.15, 0.2) is 5.65 Å². The zero-order valence-electron chi connectivity index (χ0n) is 14.5. The second-order valence-corrected chi connectivity index (χ2v) is 5.86. The van der Waals surface area contributed by atoms with E-state index in [0.29, 0.717) is 6.54 Å². The molecular formula is C18H22N4O2. The zero-order chi connectivity index (χ0) is 17.1. The molecule has 6 heteroatoms.